The number of aryl methyl sites for hydroxylation is 2. The fourth-order valence-corrected chi connectivity index (χ4v) is 3.38. The van der Waals surface area contributed by atoms with E-state index in [-0.39, 0.29) is 0 Å². The Balaban J connectivity index is 2.21. The van der Waals surface area contributed by atoms with Gasteiger partial charge in [0.1, 0.15) is 0 Å². The van der Waals surface area contributed by atoms with Gasteiger partial charge in [-0.2, -0.15) is 5.10 Å². The molecule has 0 aromatic carbocycles. The minimum absolute atomic E-state index is 0.766. The van der Waals surface area contributed by atoms with Crippen molar-refractivity contribution in [1.29, 1.82) is 0 Å². The van der Waals surface area contributed by atoms with E-state index in [1.165, 1.54) is 49.8 Å². The van der Waals surface area contributed by atoms with Crippen LogP contribution in [-0.4, -0.2) is 22.9 Å². The molecule has 0 aliphatic heterocycles. The number of hydrogen-bond donors (Lipinski definition) is 1. The third kappa shape index (κ3) is 4.19. The molecule has 0 spiro atoms. The van der Waals surface area contributed by atoms with Gasteiger partial charge >= 0.3 is 0 Å². The van der Waals surface area contributed by atoms with Gasteiger partial charge in [0.2, 0.25) is 0 Å². The van der Waals surface area contributed by atoms with E-state index in [1.807, 2.05) is 11.7 Å². The molecule has 1 fully saturated rings. The molecule has 0 bridgehead atoms. The van der Waals surface area contributed by atoms with Crippen LogP contribution in [0.2, 0.25) is 0 Å². The maximum atomic E-state index is 4.56. The standard InChI is InChI=1S/C18H31N3/c1-5-11-19-13-17(16-9-7-6-8-10-16)12-18-14(2)20-21(4)15(18)3/h12,16,19H,5-11,13H2,1-4H3. The van der Waals surface area contributed by atoms with Crippen LogP contribution in [0.25, 0.3) is 6.08 Å². The van der Waals surface area contributed by atoms with E-state index in [1.54, 1.807) is 5.57 Å². The van der Waals surface area contributed by atoms with Gasteiger partial charge in [0.25, 0.3) is 0 Å². The summed E-state index contributed by atoms with van der Waals surface area (Å²) < 4.78 is 2.00. The fourth-order valence-electron chi connectivity index (χ4n) is 3.38. The van der Waals surface area contributed by atoms with Crippen LogP contribution in [0.1, 0.15) is 62.4 Å². The second-order valence-corrected chi connectivity index (χ2v) is 6.44. The zero-order valence-corrected chi connectivity index (χ0v) is 14.2. The van der Waals surface area contributed by atoms with Crippen molar-refractivity contribution in [2.24, 2.45) is 13.0 Å². The van der Waals surface area contributed by atoms with Gasteiger partial charge in [-0.25, -0.2) is 0 Å². The van der Waals surface area contributed by atoms with Gasteiger partial charge in [0.05, 0.1) is 5.69 Å². The van der Waals surface area contributed by atoms with Crippen molar-refractivity contribution in [1.82, 2.24) is 15.1 Å². The molecule has 1 aromatic heterocycles. The molecule has 0 amide bonds. The minimum Gasteiger partial charge on any atom is -0.313 e. The highest BCUT2D eigenvalue weighted by atomic mass is 15.3. The first-order valence-electron chi connectivity index (χ1n) is 8.54. The topological polar surface area (TPSA) is 29.9 Å². The lowest BCUT2D eigenvalue weighted by Gasteiger charge is -2.25. The van der Waals surface area contributed by atoms with Gasteiger partial charge in [0.15, 0.2) is 0 Å². The zero-order valence-electron chi connectivity index (χ0n) is 14.2. The summed E-state index contributed by atoms with van der Waals surface area (Å²) in [4.78, 5) is 0. The second kappa shape index (κ2) is 7.79. The van der Waals surface area contributed by atoms with E-state index in [0.29, 0.717) is 0 Å². The van der Waals surface area contributed by atoms with Crippen molar-refractivity contribution in [3.8, 4) is 0 Å². The lowest BCUT2D eigenvalue weighted by atomic mass is 9.83. The van der Waals surface area contributed by atoms with Crippen LogP contribution in [0.5, 0.6) is 0 Å². The third-order valence-corrected chi connectivity index (χ3v) is 4.78. The number of nitrogens with one attached hydrogen (secondary N) is 1. The lowest BCUT2D eigenvalue weighted by Crippen LogP contribution is -2.23. The van der Waals surface area contributed by atoms with Gasteiger partial charge in [0, 0.05) is 24.8 Å². The summed E-state index contributed by atoms with van der Waals surface area (Å²) in [7, 11) is 2.04. The van der Waals surface area contributed by atoms with E-state index in [2.05, 4.69) is 37.3 Å². The molecule has 1 heterocycles. The first-order valence-corrected chi connectivity index (χ1v) is 8.54. The lowest BCUT2D eigenvalue weighted by molar-refractivity contribution is 0.396. The summed E-state index contributed by atoms with van der Waals surface area (Å²) in [6, 6.07) is 0. The number of hydrogen-bond acceptors (Lipinski definition) is 2. The van der Waals surface area contributed by atoms with Crippen molar-refractivity contribution in [3.63, 3.8) is 0 Å². The Hall–Kier alpha value is -1.09. The molecule has 1 saturated carbocycles. The molecule has 0 unspecified atom stereocenters. The van der Waals surface area contributed by atoms with E-state index >= 15 is 0 Å². The molecular weight excluding hydrogens is 258 g/mol. The second-order valence-electron chi connectivity index (χ2n) is 6.44. The molecule has 118 valence electrons. The SMILES string of the molecule is CCCNCC(=Cc1c(C)nn(C)c1C)C1CCCCC1. The maximum absolute atomic E-state index is 4.56. The van der Waals surface area contributed by atoms with Gasteiger partial charge in [-0.3, -0.25) is 4.68 Å². The molecule has 1 aromatic rings. The Morgan fingerprint density at radius 1 is 1.29 bits per heavy atom. The molecular formula is C18H31N3. The average molecular weight is 289 g/mol. The van der Waals surface area contributed by atoms with E-state index in [9.17, 15) is 0 Å². The summed E-state index contributed by atoms with van der Waals surface area (Å²) in [5, 5.41) is 8.16. The first kappa shape index (κ1) is 16.3. The van der Waals surface area contributed by atoms with Crippen LogP contribution < -0.4 is 5.32 Å². The summed E-state index contributed by atoms with van der Waals surface area (Å²) in [5.74, 6) is 0.766. The molecule has 1 aliphatic rings. The van der Waals surface area contributed by atoms with Crippen LogP contribution >= 0.6 is 0 Å². The summed E-state index contributed by atoms with van der Waals surface area (Å²) >= 11 is 0. The van der Waals surface area contributed by atoms with Crippen LogP contribution in [0.3, 0.4) is 0 Å². The largest absolute Gasteiger partial charge is 0.313 e. The van der Waals surface area contributed by atoms with Crippen molar-refractivity contribution in [3.05, 3.63) is 22.5 Å². The highest BCUT2D eigenvalue weighted by Crippen LogP contribution is 2.31. The predicted molar refractivity (Wildman–Crippen MR) is 90.4 cm³/mol. The summed E-state index contributed by atoms with van der Waals surface area (Å²) in [5.41, 5.74) is 5.34. The Morgan fingerprint density at radius 3 is 2.57 bits per heavy atom. The highest BCUT2D eigenvalue weighted by molar-refractivity contribution is 5.58. The predicted octanol–water partition coefficient (Wildman–Crippen LogP) is 4.00. The third-order valence-electron chi connectivity index (χ3n) is 4.78. The molecule has 1 aliphatic carbocycles. The van der Waals surface area contributed by atoms with Crippen molar-refractivity contribution in [2.75, 3.05) is 13.1 Å². The summed E-state index contributed by atoms with van der Waals surface area (Å²) in [6.45, 7) is 8.66. The smallest absolute Gasteiger partial charge is 0.0668 e. The molecule has 1 N–H and O–H groups in total. The number of rotatable bonds is 6. The number of aromatic nitrogens is 2. The van der Waals surface area contributed by atoms with Gasteiger partial charge in [-0.15, -0.1) is 0 Å². The summed E-state index contributed by atoms with van der Waals surface area (Å²) in [6.07, 6.45) is 10.5. The van der Waals surface area contributed by atoms with Crippen LogP contribution in [0.4, 0.5) is 0 Å². The van der Waals surface area contributed by atoms with E-state index < -0.39 is 0 Å². The first-order chi connectivity index (χ1) is 10.1. The highest BCUT2D eigenvalue weighted by Gasteiger charge is 2.19. The quantitative estimate of drug-likeness (QED) is 0.802. The molecule has 2 rings (SSSR count). The Bertz CT molecular complexity index is 479. The minimum atomic E-state index is 0.766. The van der Waals surface area contributed by atoms with Gasteiger partial charge < -0.3 is 5.32 Å². The average Bonchev–Trinajstić information content (AvgIpc) is 2.73. The van der Waals surface area contributed by atoms with E-state index in [0.717, 1.165) is 24.7 Å². The maximum Gasteiger partial charge on any atom is 0.0668 e. The van der Waals surface area contributed by atoms with Crippen LogP contribution in [-0.2, 0) is 7.05 Å². The Labute approximate surface area is 129 Å². The van der Waals surface area contributed by atoms with E-state index in [4.69, 9.17) is 0 Å². The van der Waals surface area contributed by atoms with Gasteiger partial charge in [-0.05, 0) is 45.6 Å². The molecule has 0 atom stereocenters. The Kier molecular flexibility index (Phi) is 6.04. The van der Waals surface area contributed by atoms with Crippen molar-refractivity contribution >= 4 is 6.08 Å². The monoisotopic (exact) mass is 289 g/mol. The zero-order chi connectivity index (χ0) is 15.2. The van der Waals surface area contributed by atoms with Gasteiger partial charge in [-0.1, -0.05) is 37.8 Å². The molecule has 3 heteroatoms. The fraction of sp³-hybridized carbons (Fsp3) is 0.722. The molecule has 0 radical (unpaired) electrons. The molecule has 21 heavy (non-hydrogen) atoms. The van der Waals surface area contributed by atoms with Crippen molar-refractivity contribution in [2.45, 2.75) is 59.3 Å². The van der Waals surface area contributed by atoms with Crippen LogP contribution in [0, 0.1) is 19.8 Å². The van der Waals surface area contributed by atoms with Crippen LogP contribution in [0.15, 0.2) is 5.57 Å². The van der Waals surface area contributed by atoms with Crippen molar-refractivity contribution < 1.29 is 0 Å². The number of nitrogens with zero attached hydrogens (tertiary/aromatic N) is 2. The molecule has 0 saturated heterocycles. The molecule has 3 nitrogen and oxygen atoms in total. The normalized spacial score (nSPS) is 17.4. The Morgan fingerprint density at radius 2 is 2.00 bits per heavy atom.